The van der Waals surface area contributed by atoms with Crippen molar-refractivity contribution in [3.63, 3.8) is 0 Å². The van der Waals surface area contributed by atoms with Crippen LogP contribution in [0.5, 0.6) is 5.75 Å². The third-order valence-electron chi connectivity index (χ3n) is 3.95. The highest BCUT2D eigenvalue weighted by molar-refractivity contribution is 5.75. The summed E-state index contributed by atoms with van der Waals surface area (Å²) in [6, 6.07) is 16.5. The van der Waals surface area contributed by atoms with Gasteiger partial charge in [-0.2, -0.15) is 0 Å². The maximum Gasteiger partial charge on any atom is 0.123 e. The zero-order valence-electron chi connectivity index (χ0n) is 13.7. The maximum atomic E-state index is 5.19. The van der Waals surface area contributed by atoms with E-state index < -0.39 is 0 Å². The molecule has 3 aromatic rings. The highest BCUT2D eigenvalue weighted by Crippen LogP contribution is 2.17. The van der Waals surface area contributed by atoms with Crippen molar-refractivity contribution in [1.29, 1.82) is 0 Å². The van der Waals surface area contributed by atoms with Gasteiger partial charge >= 0.3 is 0 Å². The molecule has 23 heavy (non-hydrogen) atoms. The van der Waals surface area contributed by atoms with Gasteiger partial charge in [0.25, 0.3) is 0 Å². The van der Waals surface area contributed by atoms with Crippen LogP contribution in [0.4, 0.5) is 0 Å². The van der Waals surface area contributed by atoms with Crippen molar-refractivity contribution in [2.45, 2.75) is 33.0 Å². The molecule has 1 heterocycles. The minimum atomic E-state index is 0.765. The van der Waals surface area contributed by atoms with Gasteiger partial charge in [0.1, 0.15) is 11.6 Å². The Bertz CT molecular complexity index is 762. The third-order valence-corrected chi connectivity index (χ3v) is 3.95. The fourth-order valence-corrected chi connectivity index (χ4v) is 2.80. The number of methoxy groups -OCH3 is 1. The van der Waals surface area contributed by atoms with Crippen molar-refractivity contribution in [2.24, 2.45) is 0 Å². The van der Waals surface area contributed by atoms with Crippen LogP contribution in [0.25, 0.3) is 11.0 Å². The first-order chi connectivity index (χ1) is 11.3. The molecule has 0 radical (unpaired) electrons. The number of rotatable bonds is 7. The van der Waals surface area contributed by atoms with Crippen LogP contribution in [0, 0.1) is 0 Å². The van der Waals surface area contributed by atoms with E-state index in [1.165, 1.54) is 11.1 Å². The van der Waals surface area contributed by atoms with Crippen LogP contribution in [-0.4, -0.2) is 16.7 Å². The Hall–Kier alpha value is -2.33. The van der Waals surface area contributed by atoms with Crippen LogP contribution >= 0.6 is 0 Å². The molecule has 0 atom stereocenters. The summed E-state index contributed by atoms with van der Waals surface area (Å²) in [7, 11) is 1.69. The first-order valence-corrected chi connectivity index (χ1v) is 8.09. The van der Waals surface area contributed by atoms with Crippen molar-refractivity contribution in [2.75, 3.05) is 7.11 Å². The van der Waals surface area contributed by atoms with Gasteiger partial charge in [0.05, 0.1) is 24.7 Å². The summed E-state index contributed by atoms with van der Waals surface area (Å²) in [6.07, 6.45) is 1.10. The molecule has 4 heteroatoms. The number of nitrogens with zero attached hydrogens (tertiary/aromatic N) is 2. The quantitative estimate of drug-likeness (QED) is 0.722. The summed E-state index contributed by atoms with van der Waals surface area (Å²) in [5, 5.41) is 3.49. The first-order valence-electron chi connectivity index (χ1n) is 8.09. The molecule has 0 aliphatic rings. The van der Waals surface area contributed by atoms with Gasteiger partial charge < -0.3 is 14.6 Å². The Balaban J connectivity index is 1.69. The lowest BCUT2D eigenvalue weighted by atomic mass is 10.2. The largest absolute Gasteiger partial charge is 0.497 e. The van der Waals surface area contributed by atoms with Crippen LogP contribution in [0.3, 0.4) is 0 Å². The summed E-state index contributed by atoms with van der Waals surface area (Å²) in [5.74, 6) is 1.99. The van der Waals surface area contributed by atoms with E-state index in [1.807, 2.05) is 18.2 Å². The molecule has 0 saturated carbocycles. The number of aromatic nitrogens is 2. The van der Waals surface area contributed by atoms with Crippen LogP contribution in [0.1, 0.15) is 24.7 Å². The molecule has 0 aliphatic heterocycles. The van der Waals surface area contributed by atoms with Crippen molar-refractivity contribution < 1.29 is 4.74 Å². The minimum Gasteiger partial charge on any atom is -0.497 e. The SMILES string of the molecule is CCCn1c(CNCc2ccc(OC)cc2)nc2ccccc21. The second-order valence-corrected chi connectivity index (χ2v) is 5.62. The van der Waals surface area contributed by atoms with Crippen LogP contribution in [0.2, 0.25) is 0 Å². The molecule has 0 saturated heterocycles. The van der Waals surface area contributed by atoms with Crippen molar-refractivity contribution in [3.05, 3.63) is 59.9 Å². The second-order valence-electron chi connectivity index (χ2n) is 5.62. The van der Waals surface area contributed by atoms with Gasteiger partial charge in [-0.25, -0.2) is 4.98 Å². The zero-order chi connectivity index (χ0) is 16.1. The van der Waals surface area contributed by atoms with E-state index >= 15 is 0 Å². The van der Waals surface area contributed by atoms with Crippen LogP contribution < -0.4 is 10.1 Å². The van der Waals surface area contributed by atoms with E-state index in [9.17, 15) is 0 Å². The summed E-state index contributed by atoms with van der Waals surface area (Å²) >= 11 is 0. The molecule has 4 nitrogen and oxygen atoms in total. The lowest BCUT2D eigenvalue weighted by Crippen LogP contribution is -2.16. The normalized spacial score (nSPS) is 11.0. The van der Waals surface area contributed by atoms with E-state index in [-0.39, 0.29) is 0 Å². The van der Waals surface area contributed by atoms with Crippen LogP contribution in [-0.2, 0) is 19.6 Å². The Morgan fingerprint density at radius 2 is 1.83 bits per heavy atom. The van der Waals surface area contributed by atoms with Gasteiger partial charge in [-0.05, 0) is 36.2 Å². The zero-order valence-corrected chi connectivity index (χ0v) is 13.7. The van der Waals surface area contributed by atoms with E-state index in [2.05, 4.69) is 47.1 Å². The lowest BCUT2D eigenvalue weighted by Gasteiger charge is -2.09. The molecular formula is C19H23N3O. The molecule has 3 rings (SSSR count). The molecule has 1 aromatic heterocycles. The van der Waals surface area contributed by atoms with E-state index in [4.69, 9.17) is 9.72 Å². The van der Waals surface area contributed by atoms with Crippen molar-refractivity contribution in [3.8, 4) is 5.75 Å². The van der Waals surface area contributed by atoms with Gasteiger partial charge in [-0.1, -0.05) is 31.2 Å². The highest BCUT2D eigenvalue weighted by atomic mass is 16.5. The number of imidazole rings is 1. The molecule has 0 fully saturated rings. The minimum absolute atomic E-state index is 0.765. The number of hydrogen-bond donors (Lipinski definition) is 1. The summed E-state index contributed by atoms with van der Waals surface area (Å²) in [5.41, 5.74) is 3.53. The molecular weight excluding hydrogens is 286 g/mol. The molecule has 0 bridgehead atoms. The van der Waals surface area contributed by atoms with Gasteiger partial charge in [-0.3, -0.25) is 0 Å². The van der Waals surface area contributed by atoms with Gasteiger partial charge in [0.2, 0.25) is 0 Å². The predicted octanol–water partition coefficient (Wildman–Crippen LogP) is 3.74. The fraction of sp³-hybridized carbons (Fsp3) is 0.316. The Kier molecular flexibility index (Phi) is 4.93. The predicted molar refractivity (Wildman–Crippen MR) is 93.6 cm³/mol. The van der Waals surface area contributed by atoms with Crippen molar-refractivity contribution in [1.82, 2.24) is 14.9 Å². The number of aryl methyl sites for hydroxylation is 1. The van der Waals surface area contributed by atoms with Gasteiger partial charge in [-0.15, -0.1) is 0 Å². The number of fused-ring (bicyclic) bond motifs is 1. The molecule has 0 spiro atoms. The number of hydrogen-bond acceptors (Lipinski definition) is 3. The number of para-hydroxylation sites is 2. The van der Waals surface area contributed by atoms with E-state index in [0.717, 1.165) is 43.1 Å². The summed E-state index contributed by atoms with van der Waals surface area (Å²) in [4.78, 5) is 4.77. The molecule has 0 amide bonds. The Morgan fingerprint density at radius 3 is 2.57 bits per heavy atom. The highest BCUT2D eigenvalue weighted by Gasteiger charge is 2.09. The maximum absolute atomic E-state index is 5.19. The van der Waals surface area contributed by atoms with E-state index in [1.54, 1.807) is 7.11 Å². The number of benzene rings is 2. The van der Waals surface area contributed by atoms with Crippen molar-refractivity contribution >= 4 is 11.0 Å². The average molecular weight is 309 g/mol. The standard InChI is InChI=1S/C19H23N3O/c1-3-12-22-18-7-5-4-6-17(18)21-19(22)14-20-13-15-8-10-16(23-2)11-9-15/h4-11,20H,3,12-14H2,1-2H3. The smallest absolute Gasteiger partial charge is 0.123 e. The summed E-state index contributed by atoms with van der Waals surface area (Å²) < 4.78 is 7.50. The topological polar surface area (TPSA) is 39.1 Å². The Morgan fingerprint density at radius 1 is 1.04 bits per heavy atom. The molecule has 0 aliphatic carbocycles. The third kappa shape index (κ3) is 3.54. The number of ether oxygens (including phenoxy) is 1. The molecule has 120 valence electrons. The average Bonchev–Trinajstić information content (AvgIpc) is 2.94. The Labute approximate surface area is 137 Å². The van der Waals surface area contributed by atoms with Crippen LogP contribution in [0.15, 0.2) is 48.5 Å². The fourth-order valence-electron chi connectivity index (χ4n) is 2.80. The lowest BCUT2D eigenvalue weighted by molar-refractivity contribution is 0.414. The van der Waals surface area contributed by atoms with Gasteiger partial charge in [0.15, 0.2) is 0 Å². The first kappa shape index (κ1) is 15.6. The molecule has 2 aromatic carbocycles. The summed E-state index contributed by atoms with van der Waals surface area (Å²) in [6.45, 7) is 4.78. The second kappa shape index (κ2) is 7.29. The molecule has 1 N–H and O–H groups in total. The monoisotopic (exact) mass is 309 g/mol. The van der Waals surface area contributed by atoms with E-state index in [0.29, 0.717) is 0 Å². The van der Waals surface area contributed by atoms with Gasteiger partial charge in [0, 0.05) is 13.1 Å². The number of nitrogens with one attached hydrogen (secondary N) is 1. The molecule has 0 unspecified atom stereocenters.